The van der Waals surface area contributed by atoms with Crippen LogP contribution in [-0.2, 0) is 4.79 Å². The van der Waals surface area contributed by atoms with Gasteiger partial charge in [0.25, 0.3) is 0 Å². The molecule has 0 atom stereocenters. The van der Waals surface area contributed by atoms with Gasteiger partial charge in [-0.1, -0.05) is 0 Å². The third-order valence-electron chi connectivity index (χ3n) is 2.34. The second kappa shape index (κ2) is 3.74. The van der Waals surface area contributed by atoms with E-state index in [2.05, 4.69) is 9.97 Å². The Labute approximate surface area is 83.0 Å². The van der Waals surface area contributed by atoms with Crippen LogP contribution in [0.5, 0.6) is 0 Å². The van der Waals surface area contributed by atoms with Crippen LogP contribution in [-0.4, -0.2) is 28.8 Å². The maximum atomic E-state index is 11.2. The summed E-state index contributed by atoms with van der Waals surface area (Å²) in [7, 11) is 0. The molecule has 0 bridgehead atoms. The predicted molar refractivity (Wildman–Crippen MR) is 53.2 cm³/mol. The van der Waals surface area contributed by atoms with Crippen molar-refractivity contribution < 1.29 is 4.79 Å². The summed E-state index contributed by atoms with van der Waals surface area (Å²) in [6.07, 6.45) is 3.37. The number of carbonyl (C=O) groups excluding carboxylic acids is 1. The van der Waals surface area contributed by atoms with Gasteiger partial charge in [0.15, 0.2) is 5.78 Å². The second-order valence-corrected chi connectivity index (χ2v) is 3.53. The van der Waals surface area contributed by atoms with Crippen molar-refractivity contribution in [1.29, 1.82) is 0 Å². The van der Waals surface area contributed by atoms with Crippen LogP contribution < -0.4 is 4.90 Å². The number of hydrogen-bond donors (Lipinski definition) is 0. The predicted octanol–water partition coefficient (Wildman–Crippen LogP) is 0.954. The van der Waals surface area contributed by atoms with Crippen molar-refractivity contribution in [3.05, 3.63) is 18.1 Å². The summed E-state index contributed by atoms with van der Waals surface area (Å²) < 4.78 is 0. The lowest BCUT2D eigenvalue weighted by molar-refractivity contribution is -0.118. The van der Waals surface area contributed by atoms with Crippen molar-refractivity contribution in [3.63, 3.8) is 0 Å². The topological polar surface area (TPSA) is 46.1 Å². The molecule has 4 heteroatoms. The monoisotopic (exact) mass is 191 g/mol. The number of aromatic nitrogens is 2. The molecule has 74 valence electrons. The van der Waals surface area contributed by atoms with Crippen molar-refractivity contribution in [2.24, 2.45) is 0 Å². The molecule has 1 aromatic rings. The van der Waals surface area contributed by atoms with E-state index >= 15 is 0 Å². The molecule has 0 unspecified atom stereocenters. The molecule has 0 aliphatic carbocycles. The molecular weight excluding hydrogens is 178 g/mol. The van der Waals surface area contributed by atoms with Gasteiger partial charge in [0.2, 0.25) is 0 Å². The van der Waals surface area contributed by atoms with Gasteiger partial charge in [-0.15, -0.1) is 0 Å². The molecule has 1 saturated heterocycles. The van der Waals surface area contributed by atoms with Crippen LogP contribution in [0, 0.1) is 6.92 Å². The van der Waals surface area contributed by atoms with Crippen molar-refractivity contribution in [1.82, 2.24) is 9.97 Å². The fraction of sp³-hybridized carbons (Fsp3) is 0.500. The Morgan fingerprint density at radius 2 is 2.36 bits per heavy atom. The number of nitrogens with zero attached hydrogens (tertiary/aromatic N) is 3. The number of carbonyl (C=O) groups is 1. The number of ketones is 1. The fourth-order valence-corrected chi connectivity index (χ4v) is 1.65. The van der Waals surface area contributed by atoms with E-state index in [1.807, 2.05) is 17.9 Å². The smallest absolute Gasteiger partial charge is 0.152 e. The standard InChI is InChI=1S/C10H13N3O/c1-8-11-5-4-10(12-8)13-6-2-3-9(14)7-13/h4-5H,2-3,6-7H2,1H3. The Kier molecular flexibility index (Phi) is 2.43. The molecule has 1 aromatic heterocycles. The summed E-state index contributed by atoms with van der Waals surface area (Å²) in [5.41, 5.74) is 0. The zero-order valence-electron chi connectivity index (χ0n) is 8.23. The number of Topliss-reactive ketones (excluding diaryl/α,β-unsaturated/α-hetero) is 1. The molecule has 2 heterocycles. The van der Waals surface area contributed by atoms with Crippen LogP contribution in [0.4, 0.5) is 5.82 Å². The second-order valence-electron chi connectivity index (χ2n) is 3.53. The summed E-state index contributed by atoms with van der Waals surface area (Å²) in [5, 5.41) is 0. The number of anilines is 1. The average molecular weight is 191 g/mol. The van der Waals surface area contributed by atoms with Gasteiger partial charge in [-0.2, -0.15) is 0 Å². The number of aryl methyl sites for hydroxylation is 1. The van der Waals surface area contributed by atoms with Crippen LogP contribution >= 0.6 is 0 Å². The molecule has 0 aromatic carbocycles. The first-order chi connectivity index (χ1) is 6.75. The van der Waals surface area contributed by atoms with Crippen molar-refractivity contribution >= 4 is 11.6 Å². The number of piperidine rings is 1. The highest BCUT2D eigenvalue weighted by atomic mass is 16.1. The van der Waals surface area contributed by atoms with Crippen molar-refractivity contribution in [2.75, 3.05) is 18.0 Å². The molecule has 2 rings (SSSR count). The summed E-state index contributed by atoms with van der Waals surface area (Å²) in [5.74, 6) is 1.92. The minimum atomic E-state index is 0.299. The first-order valence-corrected chi connectivity index (χ1v) is 4.82. The highest BCUT2D eigenvalue weighted by molar-refractivity contribution is 5.84. The summed E-state index contributed by atoms with van der Waals surface area (Å²) in [6, 6.07) is 1.85. The van der Waals surface area contributed by atoms with E-state index in [0.717, 1.165) is 24.6 Å². The molecule has 14 heavy (non-hydrogen) atoms. The van der Waals surface area contributed by atoms with Gasteiger partial charge in [0.05, 0.1) is 6.54 Å². The van der Waals surface area contributed by atoms with E-state index in [1.165, 1.54) is 0 Å². The van der Waals surface area contributed by atoms with Crippen LogP contribution in [0.2, 0.25) is 0 Å². The highest BCUT2D eigenvalue weighted by Crippen LogP contribution is 2.14. The van der Waals surface area contributed by atoms with Gasteiger partial charge in [0, 0.05) is 19.2 Å². The first kappa shape index (κ1) is 9.12. The van der Waals surface area contributed by atoms with E-state index in [0.29, 0.717) is 18.7 Å². The Morgan fingerprint density at radius 1 is 1.50 bits per heavy atom. The van der Waals surface area contributed by atoms with E-state index in [1.54, 1.807) is 6.20 Å². The molecule has 0 radical (unpaired) electrons. The number of hydrogen-bond acceptors (Lipinski definition) is 4. The van der Waals surface area contributed by atoms with Gasteiger partial charge in [-0.05, 0) is 19.4 Å². The third-order valence-corrected chi connectivity index (χ3v) is 2.34. The lowest BCUT2D eigenvalue weighted by atomic mass is 10.1. The summed E-state index contributed by atoms with van der Waals surface area (Å²) in [6.45, 7) is 3.27. The zero-order chi connectivity index (χ0) is 9.97. The zero-order valence-corrected chi connectivity index (χ0v) is 8.23. The maximum absolute atomic E-state index is 11.2. The van der Waals surface area contributed by atoms with Crippen LogP contribution in [0.15, 0.2) is 12.3 Å². The SMILES string of the molecule is Cc1nccc(N2CCCC(=O)C2)n1. The molecule has 1 aliphatic rings. The Morgan fingerprint density at radius 3 is 3.07 bits per heavy atom. The Bertz CT molecular complexity index is 351. The molecule has 0 N–H and O–H groups in total. The average Bonchev–Trinajstić information content (AvgIpc) is 2.18. The Balaban J connectivity index is 2.17. The molecular formula is C10H13N3O. The molecule has 0 spiro atoms. The van der Waals surface area contributed by atoms with Gasteiger partial charge < -0.3 is 4.90 Å². The van der Waals surface area contributed by atoms with E-state index < -0.39 is 0 Å². The van der Waals surface area contributed by atoms with Crippen molar-refractivity contribution in [2.45, 2.75) is 19.8 Å². The maximum Gasteiger partial charge on any atom is 0.152 e. The lowest BCUT2D eigenvalue weighted by Crippen LogP contribution is -2.36. The molecule has 4 nitrogen and oxygen atoms in total. The van der Waals surface area contributed by atoms with Gasteiger partial charge in [-0.3, -0.25) is 4.79 Å². The summed E-state index contributed by atoms with van der Waals surface area (Å²) >= 11 is 0. The normalized spacial score (nSPS) is 17.2. The minimum absolute atomic E-state index is 0.299. The van der Waals surface area contributed by atoms with Crippen LogP contribution in [0.1, 0.15) is 18.7 Å². The third kappa shape index (κ3) is 1.89. The van der Waals surface area contributed by atoms with E-state index in [9.17, 15) is 4.79 Å². The number of rotatable bonds is 1. The quantitative estimate of drug-likeness (QED) is 0.663. The molecule has 0 saturated carbocycles. The van der Waals surface area contributed by atoms with Crippen LogP contribution in [0.3, 0.4) is 0 Å². The van der Waals surface area contributed by atoms with Gasteiger partial charge in [-0.25, -0.2) is 9.97 Å². The Hall–Kier alpha value is -1.45. The van der Waals surface area contributed by atoms with E-state index in [4.69, 9.17) is 0 Å². The molecule has 0 amide bonds. The largest absolute Gasteiger partial charge is 0.349 e. The van der Waals surface area contributed by atoms with Crippen LogP contribution in [0.25, 0.3) is 0 Å². The fourth-order valence-electron chi connectivity index (χ4n) is 1.65. The first-order valence-electron chi connectivity index (χ1n) is 4.82. The lowest BCUT2D eigenvalue weighted by Gasteiger charge is -2.26. The van der Waals surface area contributed by atoms with Gasteiger partial charge in [0.1, 0.15) is 11.6 Å². The summed E-state index contributed by atoms with van der Waals surface area (Å²) in [4.78, 5) is 21.6. The van der Waals surface area contributed by atoms with Crippen molar-refractivity contribution in [3.8, 4) is 0 Å². The minimum Gasteiger partial charge on any atom is -0.349 e. The molecule has 1 aliphatic heterocycles. The highest BCUT2D eigenvalue weighted by Gasteiger charge is 2.17. The van der Waals surface area contributed by atoms with E-state index in [-0.39, 0.29) is 0 Å². The molecule has 1 fully saturated rings. The van der Waals surface area contributed by atoms with Gasteiger partial charge >= 0.3 is 0 Å².